The van der Waals surface area contributed by atoms with Crippen molar-refractivity contribution in [3.8, 4) is 5.75 Å². The largest absolute Gasteiger partial charge is 0.493 e. The summed E-state index contributed by atoms with van der Waals surface area (Å²) in [4.78, 5) is 24.5. The molecule has 2 aliphatic heterocycles. The molecular formula is C25H29N3O6. The molecule has 0 saturated carbocycles. The van der Waals surface area contributed by atoms with Gasteiger partial charge in [-0.05, 0) is 35.7 Å². The van der Waals surface area contributed by atoms with Gasteiger partial charge in [0.2, 0.25) is 0 Å². The maximum absolute atomic E-state index is 12.7. The summed E-state index contributed by atoms with van der Waals surface area (Å²) in [7, 11) is 0. The lowest BCUT2D eigenvalue weighted by atomic mass is 9.94. The number of fused-ring (bicyclic) bond motifs is 1. The molecule has 0 spiro atoms. The molecule has 1 unspecified atom stereocenters. The highest BCUT2D eigenvalue weighted by Gasteiger charge is 2.23. The number of carbonyl (C=O) groups excluding carboxylic acids is 2. The minimum atomic E-state index is -0.339. The lowest BCUT2D eigenvalue weighted by Gasteiger charge is -2.25. The highest BCUT2D eigenvalue weighted by Crippen LogP contribution is 2.31. The van der Waals surface area contributed by atoms with E-state index in [4.69, 9.17) is 19.3 Å². The van der Waals surface area contributed by atoms with Crippen LogP contribution in [-0.2, 0) is 20.7 Å². The van der Waals surface area contributed by atoms with Crippen LogP contribution in [0.5, 0.6) is 5.75 Å². The molecule has 0 bridgehead atoms. The number of rotatable bonds is 8. The summed E-state index contributed by atoms with van der Waals surface area (Å²) in [6, 6.07) is 12.8. The average Bonchev–Trinajstić information content (AvgIpc) is 2.87. The van der Waals surface area contributed by atoms with Crippen LogP contribution in [0.2, 0.25) is 0 Å². The number of esters is 1. The molecule has 1 fully saturated rings. The van der Waals surface area contributed by atoms with Crippen molar-refractivity contribution < 1.29 is 28.9 Å². The van der Waals surface area contributed by atoms with E-state index in [0.717, 1.165) is 24.2 Å². The average molecular weight is 468 g/mol. The number of hydrazone groups is 1. The van der Waals surface area contributed by atoms with Gasteiger partial charge in [0, 0.05) is 23.2 Å². The molecule has 34 heavy (non-hydrogen) atoms. The summed E-state index contributed by atoms with van der Waals surface area (Å²) in [5.41, 5.74) is 3.08. The second kappa shape index (κ2) is 11.6. The predicted octanol–water partition coefficient (Wildman–Crippen LogP) is 2.08. The summed E-state index contributed by atoms with van der Waals surface area (Å²) < 4.78 is 16.1. The Balaban J connectivity index is 1.30. The molecule has 2 aromatic rings. The molecule has 1 atom stereocenters. The number of hydrogen-bond acceptors (Lipinski definition) is 8. The Morgan fingerprint density at radius 3 is 2.74 bits per heavy atom. The first-order valence-electron chi connectivity index (χ1n) is 11.4. The van der Waals surface area contributed by atoms with E-state index >= 15 is 0 Å². The van der Waals surface area contributed by atoms with Gasteiger partial charge in [-0.3, -0.25) is 14.6 Å². The molecule has 2 aliphatic rings. The predicted molar refractivity (Wildman–Crippen MR) is 126 cm³/mol. The monoisotopic (exact) mass is 467 g/mol. The molecule has 2 N–H and O–H groups in total. The van der Waals surface area contributed by atoms with Crippen molar-refractivity contribution >= 4 is 23.8 Å². The van der Waals surface area contributed by atoms with Gasteiger partial charge in [-0.2, -0.15) is 5.10 Å². The third-order valence-corrected chi connectivity index (χ3v) is 5.65. The van der Waals surface area contributed by atoms with E-state index in [1.807, 2.05) is 29.3 Å². The van der Waals surface area contributed by atoms with Crippen molar-refractivity contribution in [2.45, 2.75) is 12.8 Å². The van der Waals surface area contributed by atoms with Crippen molar-refractivity contribution in [1.29, 1.82) is 0 Å². The second-order valence-electron chi connectivity index (χ2n) is 8.24. The van der Waals surface area contributed by atoms with Crippen molar-refractivity contribution in [3.05, 3.63) is 59.2 Å². The highest BCUT2D eigenvalue weighted by atomic mass is 16.5. The van der Waals surface area contributed by atoms with Crippen LogP contribution >= 0.6 is 0 Å². The number of carbonyl (C=O) groups is 2. The number of amides is 1. The zero-order chi connectivity index (χ0) is 23.8. The van der Waals surface area contributed by atoms with Crippen LogP contribution in [0.3, 0.4) is 0 Å². The van der Waals surface area contributed by atoms with Crippen LogP contribution in [-0.4, -0.2) is 74.3 Å². The summed E-state index contributed by atoms with van der Waals surface area (Å²) in [5, 5.41) is 18.1. The fraction of sp³-hybridized carbons (Fsp3) is 0.400. The lowest BCUT2D eigenvalue weighted by Crippen LogP contribution is -2.32. The van der Waals surface area contributed by atoms with E-state index < -0.39 is 0 Å². The topological polar surface area (TPSA) is 110 Å². The van der Waals surface area contributed by atoms with Crippen LogP contribution < -0.4 is 10.1 Å². The zero-order valence-electron chi connectivity index (χ0n) is 18.9. The highest BCUT2D eigenvalue weighted by molar-refractivity contribution is 6.04. The zero-order valence-corrected chi connectivity index (χ0v) is 18.9. The fourth-order valence-corrected chi connectivity index (χ4v) is 3.84. The Labute approximate surface area is 198 Å². The third kappa shape index (κ3) is 6.55. The number of hydrogen-bond donors (Lipinski definition) is 2. The third-order valence-electron chi connectivity index (χ3n) is 5.65. The minimum Gasteiger partial charge on any atom is -0.493 e. The molecule has 9 nitrogen and oxygen atoms in total. The van der Waals surface area contributed by atoms with Crippen LogP contribution in [0.1, 0.15) is 27.9 Å². The first kappa shape index (κ1) is 23.7. The summed E-state index contributed by atoms with van der Waals surface area (Å²) in [6.45, 7) is 3.15. The maximum atomic E-state index is 12.7. The SMILES string of the molecule is O=C(CC1COc2cc(NC(=O)c3ccc(C=NN4CCOCC4)cc3)ccc2C1)OCCO. The maximum Gasteiger partial charge on any atom is 0.306 e. The number of nitrogens with zero attached hydrogens (tertiary/aromatic N) is 2. The Bertz CT molecular complexity index is 1020. The van der Waals surface area contributed by atoms with Crippen molar-refractivity contribution in [2.24, 2.45) is 11.0 Å². The smallest absolute Gasteiger partial charge is 0.306 e. The van der Waals surface area contributed by atoms with E-state index in [9.17, 15) is 9.59 Å². The number of ether oxygens (including phenoxy) is 3. The molecule has 2 aromatic carbocycles. The molecule has 9 heteroatoms. The Hall–Kier alpha value is -3.43. The summed E-state index contributed by atoms with van der Waals surface area (Å²) in [6.07, 6.45) is 2.71. The standard InChI is InChI=1S/C25H29N3O6/c29-9-12-33-24(30)14-19-13-21-5-6-22(15-23(21)34-17-19)27-25(31)20-3-1-18(2-4-20)16-26-28-7-10-32-11-8-28/h1-6,15-16,19,29H,7-14,17H2,(H,27,31). The van der Waals surface area contributed by atoms with Gasteiger partial charge in [-0.25, -0.2) is 0 Å². The normalized spacial score (nSPS) is 17.7. The number of morpholine rings is 1. The van der Waals surface area contributed by atoms with E-state index in [1.165, 1.54) is 0 Å². The molecule has 0 aromatic heterocycles. The molecular weight excluding hydrogens is 438 g/mol. The Kier molecular flexibility index (Phi) is 8.11. The first-order chi connectivity index (χ1) is 16.6. The van der Waals surface area contributed by atoms with E-state index in [0.29, 0.717) is 43.2 Å². The molecule has 1 amide bonds. The number of anilines is 1. The lowest BCUT2D eigenvalue weighted by molar-refractivity contribution is -0.146. The molecule has 4 rings (SSSR count). The molecule has 2 heterocycles. The minimum absolute atomic E-state index is 0.0107. The first-order valence-corrected chi connectivity index (χ1v) is 11.4. The van der Waals surface area contributed by atoms with Crippen molar-refractivity contribution in [3.63, 3.8) is 0 Å². The number of benzene rings is 2. The van der Waals surface area contributed by atoms with Gasteiger partial charge in [-0.1, -0.05) is 18.2 Å². The van der Waals surface area contributed by atoms with Gasteiger partial charge < -0.3 is 24.6 Å². The van der Waals surface area contributed by atoms with Crippen LogP contribution in [0.4, 0.5) is 5.69 Å². The van der Waals surface area contributed by atoms with Crippen LogP contribution in [0.15, 0.2) is 47.6 Å². The second-order valence-corrected chi connectivity index (χ2v) is 8.24. The van der Waals surface area contributed by atoms with Crippen LogP contribution in [0.25, 0.3) is 0 Å². The van der Waals surface area contributed by atoms with Crippen LogP contribution in [0, 0.1) is 5.92 Å². The quantitative estimate of drug-likeness (QED) is 0.452. The van der Waals surface area contributed by atoms with Gasteiger partial charge in [0.05, 0.1) is 52.2 Å². The van der Waals surface area contributed by atoms with Gasteiger partial charge in [0.15, 0.2) is 0 Å². The van der Waals surface area contributed by atoms with Crippen molar-refractivity contribution in [1.82, 2.24) is 5.01 Å². The molecule has 180 valence electrons. The van der Waals surface area contributed by atoms with Gasteiger partial charge in [0.1, 0.15) is 12.4 Å². The van der Waals surface area contributed by atoms with Gasteiger partial charge in [0.25, 0.3) is 5.91 Å². The molecule has 0 aliphatic carbocycles. The molecule has 0 radical (unpaired) electrons. The van der Waals surface area contributed by atoms with Crippen molar-refractivity contribution in [2.75, 3.05) is 51.4 Å². The number of nitrogens with one attached hydrogen (secondary N) is 1. The Morgan fingerprint density at radius 2 is 1.97 bits per heavy atom. The fourth-order valence-electron chi connectivity index (χ4n) is 3.84. The van der Waals surface area contributed by atoms with Gasteiger partial charge in [-0.15, -0.1) is 0 Å². The summed E-state index contributed by atoms with van der Waals surface area (Å²) in [5.74, 6) is 0.169. The Morgan fingerprint density at radius 1 is 1.18 bits per heavy atom. The molecule has 1 saturated heterocycles. The summed E-state index contributed by atoms with van der Waals surface area (Å²) >= 11 is 0. The van der Waals surface area contributed by atoms with Gasteiger partial charge >= 0.3 is 5.97 Å². The van der Waals surface area contributed by atoms with E-state index in [1.54, 1.807) is 24.4 Å². The van der Waals surface area contributed by atoms with E-state index in [2.05, 4.69) is 10.4 Å². The van der Waals surface area contributed by atoms with E-state index in [-0.39, 0.29) is 37.4 Å². The number of aliphatic hydroxyl groups excluding tert-OH is 1. The number of aliphatic hydroxyl groups is 1.